The first kappa shape index (κ1) is 18.8. The van der Waals surface area contributed by atoms with Gasteiger partial charge in [0.1, 0.15) is 17.3 Å². The summed E-state index contributed by atoms with van der Waals surface area (Å²) >= 11 is 12.9. The molecule has 1 aliphatic rings. The lowest BCUT2D eigenvalue weighted by molar-refractivity contribution is -0.115. The van der Waals surface area contributed by atoms with Gasteiger partial charge in [-0.1, -0.05) is 23.2 Å². The van der Waals surface area contributed by atoms with E-state index in [-0.39, 0.29) is 10.9 Å². The van der Waals surface area contributed by atoms with Crippen LogP contribution in [0.5, 0.6) is 0 Å². The van der Waals surface area contributed by atoms with Crippen LogP contribution in [0.4, 0.5) is 10.1 Å². The van der Waals surface area contributed by atoms with Crippen molar-refractivity contribution in [3.8, 4) is 11.3 Å². The third-order valence-corrected chi connectivity index (χ3v) is 5.26. The van der Waals surface area contributed by atoms with Crippen molar-refractivity contribution in [2.45, 2.75) is 0 Å². The van der Waals surface area contributed by atoms with E-state index >= 15 is 0 Å². The Kier molecular flexibility index (Phi) is 5.26. The van der Waals surface area contributed by atoms with E-state index in [2.05, 4.69) is 10.3 Å². The van der Waals surface area contributed by atoms with Crippen molar-refractivity contribution in [1.82, 2.24) is 5.32 Å². The lowest BCUT2D eigenvalue weighted by Gasteiger charge is -1.99. The molecule has 0 radical (unpaired) electrons. The zero-order chi connectivity index (χ0) is 19.7. The summed E-state index contributed by atoms with van der Waals surface area (Å²) in [6.45, 7) is 0. The lowest BCUT2D eigenvalue weighted by Crippen LogP contribution is -2.19. The Bertz CT molecular complexity index is 1120. The van der Waals surface area contributed by atoms with Gasteiger partial charge in [0.05, 0.1) is 15.6 Å². The van der Waals surface area contributed by atoms with E-state index in [1.54, 1.807) is 48.5 Å². The summed E-state index contributed by atoms with van der Waals surface area (Å²) in [7, 11) is 0. The van der Waals surface area contributed by atoms with Crippen molar-refractivity contribution in [2.75, 3.05) is 0 Å². The topological polar surface area (TPSA) is 54.6 Å². The van der Waals surface area contributed by atoms with Gasteiger partial charge in [0.2, 0.25) is 0 Å². The Balaban J connectivity index is 1.54. The van der Waals surface area contributed by atoms with Crippen LogP contribution in [-0.4, -0.2) is 11.1 Å². The lowest BCUT2D eigenvalue weighted by atomic mass is 10.2. The summed E-state index contributed by atoms with van der Waals surface area (Å²) < 4.78 is 19.0. The number of hydrogen-bond acceptors (Lipinski definition) is 4. The number of amidine groups is 1. The highest BCUT2D eigenvalue weighted by atomic mass is 35.5. The number of rotatable bonds is 3. The molecule has 1 amide bonds. The molecular formula is C20H11Cl2FN2O2S. The molecule has 1 saturated heterocycles. The smallest absolute Gasteiger partial charge is 0.264 e. The van der Waals surface area contributed by atoms with E-state index in [9.17, 15) is 9.18 Å². The minimum absolute atomic E-state index is 0.0163. The van der Waals surface area contributed by atoms with Crippen molar-refractivity contribution >= 4 is 57.8 Å². The second kappa shape index (κ2) is 7.83. The Labute approximate surface area is 174 Å². The van der Waals surface area contributed by atoms with Gasteiger partial charge >= 0.3 is 0 Å². The minimum Gasteiger partial charge on any atom is -0.457 e. The molecule has 8 heteroatoms. The van der Waals surface area contributed by atoms with Crippen molar-refractivity contribution in [3.05, 3.63) is 81.1 Å². The molecule has 1 fully saturated rings. The van der Waals surface area contributed by atoms with Crippen molar-refractivity contribution in [3.63, 3.8) is 0 Å². The third-order valence-electron chi connectivity index (χ3n) is 3.81. The number of aliphatic imine (C=N–C) groups is 1. The van der Waals surface area contributed by atoms with Gasteiger partial charge in [-0.2, -0.15) is 0 Å². The molecule has 1 N–H and O–H groups in total. The molecule has 0 bridgehead atoms. The average molecular weight is 433 g/mol. The monoisotopic (exact) mass is 432 g/mol. The Morgan fingerprint density at radius 3 is 2.61 bits per heavy atom. The molecule has 2 aromatic carbocycles. The van der Waals surface area contributed by atoms with Gasteiger partial charge < -0.3 is 9.73 Å². The van der Waals surface area contributed by atoms with Crippen LogP contribution in [0, 0.1) is 5.82 Å². The van der Waals surface area contributed by atoms with Gasteiger partial charge in [0.15, 0.2) is 5.17 Å². The molecule has 0 spiro atoms. The van der Waals surface area contributed by atoms with Crippen molar-refractivity contribution < 1.29 is 13.6 Å². The fourth-order valence-electron chi connectivity index (χ4n) is 2.48. The predicted octanol–water partition coefficient (Wildman–Crippen LogP) is 6.28. The summed E-state index contributed by atoms with van der Waals surface area (Å²) in [5.41, 5.74) is 1.33. The van der Waals surface area contributed by atoms with Gasteiger partial charge in [-0.3, -0.25) is 4.79 Å². The molecule has 0 saturated carbocycles. The van der Waals surface area contributed by atoms with E-state index < -0.39 is 5.82 Å². The third kappa shape index (κ3) is 4.14. The summed E-state index contributed by atoms with van der Waals surface area (Å²) in [6, 6.07) is 14.8. The molecule has 140 valence electrons. The number of hydrogen-bond donors (Lipinski definition) is 1. The Morgan fingerprint density at radius 1 is 1.07 bits per heavy atom. The quantitative estimate of drug-likeness (QED) is 0.495. The van der Waals surface area contributed by atoms with Gasteiger partial charge in [0, 0.05) is 16.7 Å². The molecule has 1 aromatic heterocycles. The molecular weight excluding hydrogens is 422 g/mol. The van der Waals surface area contributed by atoms with Crippen LogP contribution >= 0.6 is 35.0 Å². The Hall–Kier alpha value is -2.54. The van der Waals surface area contributed by atoms with Gasteiger partial charge in [-0.15, -0.1) is 0 Å². The van der Waals surface area contributed by atoms with E-state index in [1.165, 1.54) is 23.9 Å². The van der Waals surface area contributed by atoms with E-state index in [1.807, 2.05) is 0 Å². The highest BCUT2D eigenvalue weighted by molar-refractivity contribution is 8.18. The highest BCUT2D eigenvalue weighted by Crippen LogP contribution is 2.31. The van der Waals surface area contributed by atoms with Crippen LogP contribution in [0.15, 0.2) is 68.9 Å². The molecule has 2 heterocycles. The van der Waals surface area contributed by atoms with Gasteiger partial charge in [0.25, 0.3) is 5.91 Å². The summed E-state index contributed by atoms with van der Waals surface area (Å²) in [6.07, 6.45) is 1.62. The molecule has 0 unspecified atom stereocenters. The second-order valence-corrected chi connectivity index (χ2v) is 7.66. The fraction of sp³-hybridized carbons (Fsp3) is 0. The van der Waals surface area contributed by atoms with Crippen LogP contribution in [0.2, 0.25) is 10.0 Å². The van der Waals surface area contributed by atoms with Crippen LogP contribution in [-0.2, 0) is 4.79 Å². The zero-order valence-electron chi connectivity index (χ0n) is 14.1. The SMILES string of the molecule is O=C1NC(=Nc2ccc(Cl)cc2)S/C1=C/c1ccc(-c2ccc(F)c(Cl)c2)o1. The maximum Gasteiger partial charge on any atom is 0.264 e. The molecule has 3 aromatic rings. The van der Waals surface area contributed by atoms with E-state index in [0.717, 1.165) is 0 Å². The maximum absolute atomic E-state index is 13.3. The number of nitrogens with zero attached hydrogens (tertiary/aromatic N) is 1. The largest absolute Gasteiger partial charge is 0.457 e. The van der Waals surface area contributed by atoms with Crippen LogP contribution in [0.25, 0.3) is 17.4 Å². The molecule has 4 rings (SSSR count). The number of thioether (sulfide) groups is 1. The first-order chi connectivity index (χ1) is 13.5. The summed E-state index contributed by atoms with van der Waals surface area (Å²) in [5.74, 6) is 0.249. The highest BCUT2D eigenvalue weighted by Gasteiger charge is 2.24. The summed E-state index contributed by atoms with van der Waals surface area (Å²) in [4.78, 5) is 17.0. The minimum atomic E-state index is -0.495. The summed E-state index contributed by atoms with van der Waals surface area (Å²) in [5, 5.41) is 3.81. The molecule has 4 nitrogen and oxygen atoms in total. The predicted molar refractivity (Wildman–Crippen MR) is 111 cm³/mol. The maximum atomic E-state index is 13.3. The first-order valence-corrected chi connectivity index (χ1v) is 9.65. The number of halogens is 3. The number of carbonyl (C=O) groups is 1. The molecule has 1 aliphatic heterocycles. The fourth-order valence-corrected chi connectivity index (χ4v) is 3.61. The first-order valence-electron chi connectivity index (χ1n) is 8.08. The number of carbonyl (C=O) groups excluding carboxylic acids is 1. The number of furan rings is 1. The molecule has 28 heavy (non-hydrogen) atoms. The zero-order valence-corrected chi connectivity index (χ0v) is 16.4. The van der Waals surface area contributed by atoms with Crippen LogP contribution in [0.3, 0.4) is 0 Å². The number of amides is 1. The average Bonchev–Trinajstić information content (AvgIpc) is 3.27. The van der Waals surface area contributed by atoms with Crippen molar-refractivity contribution in [2.24, 2.45) is 4.99 Å². The van der Waals surface area contributed by atoms with Crippen molar-refractivity contribution in [1.29, 1.82) is 0 Å². The van der Waals surface area contributed by atoms with E-state index in [4.69, 9.17) is 27.6 Å². The number of nitrogens with one attached hydrogen (secondary N) is 1. The standard InChI is InChI=1S/C20H11Cl2FN2O2S/c21-12-2-4-13(5-3-12)24-20-25-19(26)18(28-20)10-14-6-8-17(27-14)11-1-7-16(23)15(22)9-11/h1-10H,(H,24,25,26)/b18-10+. The normalized spacial score (nSPS) is 16.8. The molecule has 0 aliphatic carbocycles. The number of benzene rings is 2. The van der Waals surface area contributed by atoms with E-state index in [0.29, 0.717) is 37.9 Å². The Morgan fingerprint density at radius 2 is 1.86 bits per heavy atom. The van der Waals surface area contributed by atoms with Gasteiger partial charge in [-0.25, -0.2) is 9.38 Å². The van der Waals surface area contributed by atoms with Crippen LogP contribution in [0.1, 0.15) is 5.76 Å². The van der Waals surface area contributed by atoms with Crippen LogP contribution < -0.4 is 5.32 Å². The molecule has 0 atom stereocenters. The van der Waals surface area contributed by atoms with Gasteiger partial charge in [-0.05, 0) is 66.4 Å². The second-order valence-electron chi connectivity index (χ2n) is 5.79.